The molecule has 0 radical (unpaired) electrons. The summed E-state index contributed by atoms with van der Waals surface area (Å²) in [5, 5.41) is 11.0. The second kappa shape index (κ2) is 7.17. The molecule has 110 valence electrons. The number of nitrogens with one attached hydrogen (secondary N) is 1. The van der Waals surface area contributed by atoms with Gasteiger partial charge in [-0.15, -0.1) is 0 Å². The number of benzene rings is 1. The zero-order chi connectivity index (χ0) is 15.2. The van der Waals surface area contributed by atoms with Gasteiger partial charge < -0.3 is 10.1 Å². The van der Waals surface area contributed by atoms with Crippen LogP contribution in [0.4, 0.5) is 14.5 Å². The van der Waals surface area contributed by atoms with E-state index in [1.54, 1.807) is 6.07 Å². The molecule has 0 aliphatic heterocycles. The van der Waals surface area contributed by atoms with Gasteiger partial charge in [0.1, 0.15) is 15.5 Å². The number of halogens is 2. The Labute approximate surface area is 116 Å². The van der Waals surface area contributed by atoms with E-state index in [0.717, 1.165) is 18.4 Å². The van der Waals surface area contributed by atoms with Crippen molar-refractivity contribution in [3.05, 3.63) is 29.3 Å². The lowest BCUT2D eigenvalue weighted by molar-refractivity contribution is 0.159. The van der Waals surface area contributed by atoms with E-state index in [0.29, 0.717) is 0 Å². The van der Waals surface area contributed by atoms with E-state index in [4.69, 9.17) is 10.00 Å². The van der Waals surface area contributed by atoms with E-state index >= 15 is 0 Å². The Hall–Kier alpha value is -1.72. The molecular weight excluding hydrogens is 290 g/mol. The van der Waals surface area contributed by atoms with Gasteiger partial charge in [-0.1, -0.05) is 0 Å². The van der Waals surface area contributed by atoms with Crippen LogP contribution in [0.25, 0.3) is 0 Å². The van der Waals surface area contributed by atoms with Crippen molar-refractivity contribution in [2.75, 3.05) is 37.1 Å². The molecule has 0 unspecified atom stereocenters. The average molecular weight is 304 g/mol. The maximum absolute atomic E-state index is 13.5. The molecule has 0 fully saturated rings. The van der Waals surface area contributed by atoms with Crippen molar-refractivity contribution in [3.8, 4) is 6.07 Å². The Bertz CT molecular complexity index is 589. The maximum Gasteiger partial charge on any atom is 0.150 e. The minimum absolute atomic E-state index is 0.0266. The van der Waals surface area contributed by atoms with Crippen molar-refractivity contribution >= 4 is 15.5 Å². The summed E-state index contributed by atoms with van der Waals surface area (Å²) in [6.07, 6.45) is 1.09. The number of anilines is 1. The zero-order valence-electron chi connectivity index (χ0n) is 10.8. The number of nitriles is 1. The van der Waals surface area contributed by atoms with Crippen LogP contribution in [0, 0.1) is 23.0 Å². The molecule has 0 amide bonds. The fraction of sp³-hybridized carbons (Fsp3) is 0.417. The Morgan fingerprint density at radius 2 is 1.90 bits per heavy atom. The standard InChI is InChI=1S/C12H14F2N2O3S/c1-20(17,18)5-4-19-3-2-16-12-10(13)6-9(8-15)7-11(12)14/h6-7,16H,2-5H2,1H3. The van der Waals surface area contributed by atoms with Gasteiger partial charge in [0, 0.05) is 12.8 Å². The number of sulfone groups is 1. The first-order valence-electron chi connectivity index (χ1n) is 5.72. The van der Waals surface area contributed by atoms with E-state index < -0.39 is 21.5 Å². The van der Waals surface area contributed by atoms with Crippen LogP contribution in [0.3, 0.4) is 0 Å². The third-order valence-electron chi connectivity index (χ3n) is 2.32. The highest BCUT2D eigenvalue weighted by molar-refractivity contribution is 7.90. The number of hydrogen-bond acceptors (Lipinski definition) is 5. The first-order valence-corrected chi connectivity index (χ1v) is 7.78. The van der Waals surface area contributed by atoms with Crippen LogP contribution in [0.5, 0.6) is 0 Å². The molecule has 1 rings (SSSR count). The van der Waals surface area contributed by atoms with Crippen LogP contribution in [-0.2, 0) is 14.6 Å². The molecule has 0 saturated heterocycles. The predicted octanol–water partition coefficient (Wildman–Crippen LogP) is 1.31. The van der Waals surface area contributed by atoms with Crippen molar-refractivity contribution in [3.63, 3.8) is 0 Å². The van der Waals surface area contributed by atoms with Crippen molar-refractivity contribution in [1.29, 1.82) is 5.26 Å². The van der Waals surface area contributed by atoms with Gasteiger partial charge in [-0.25, -0.2) is 17.2 Å². The molecule has 1 aromatic rings. The van der Waals surface area contributed by atoms with E-state index in [2.05, 4.69) is 5.32 Å². The lowest BCUT2D eigenvalue weighted by Gasteiger charge is -2.09. The minimum Gasteiger partial charge on any atom is -0.379 e. The molecular formula is C12H14F2N2O3S. The quantitative estimate of drug-likeness (QED) is 0.768. The fourth-order valence-electron chi connectivity index (χ4n) is 1.37. The number of ether oxygens (including phenoxy) is 1. The molecule has 0 saturated carbocycles. The average Bonchev–Trinajstić information content (AvgIpc) is 2.34. The summed E-state index contributed by atoms with van der Waals surface area (Å²) in [6, 6.07) is 3.50. The van der Waals surface area contributed by atoms with Crippen LogP contribution in [0.1, 0.15) is 5.56 Å². The molecule has 5 nitrogen and oxygen atoms in total. The third-order valence-corrected chi connectivity index (χ3v) is 3.23. The van der Waals surface area contributed by atoms with Crippen molar-refractivity contribution in [2.45, 2.75) is 0 Å². The van der Waals surface area contributed by atoms with E-state index in [9.17, 15) is 17.2 Å². The molecule has 0 aliphatic carbocycles. The lowest BCUT2D eigenvalue weighted by atomic mass is 10.2. The highest BCUT2D eigenvalue weighted by atomic mass is 32.2. The minimum atomic E-state index is -3.08. The SMILES string of the molecule is CS(=O)(=O)CCOCCNc1c(F)cc(C#N)cc1F. The highest BCUT2D eigenvalue weighted by Gasteiger charge is 2.10. The Morgan fingerprint density at radius 1 is 1.30 bits per heavy atom. The maximum atomic E-state index is 13.5. The van der Waals surface area contributed by atoms with Gasteiger partial charge in [0.15, 0.2) is 11.6 Å². The van der Waals surface area contributed by atoms with Gasteiger partial charge in [0.25, 0.3) is 0 Å². The molecule has 20 heavy (non-hydrogen) atoms. The van der Waals surface area contributed by atoms with Crippen LogP contribution < -0.4 is 5.32 Å². The molecule has 0 aliphatic rings. The van der Waals surface area contributed by atoms with Gasteiger partial charge in [-0.3, -0.25) is 0 Å². The molecule has 0 aromatic heterocycles. The topological polar surface area (TPSA) is 79.2 Å². The second-order valence-electron chi connectivity index (χ2n) is 4.10. The van der Waals surface area contributed by atoms with Crippen molar-refractivity contribution in [2.24, 2.45) is 0 Å². The first-order chi connectivity index (χ1) is 9.33. The van der Waals surface area contributed by atoms with Gasteiger partial charge in [0.2, 0.25) is 0 Å². The summed E-state index contributed by atoms with van der Waals surface area (Å²) < 4.78 is 53.6. The van der Waals surface area contributed by atoms with Crippen LogP contribution in [-0.4, -0.2) is 40.2 Å². The summed E-state index contributed by atoms with van der Waals surface area (Å²) in [4.78, 5) is 0. The highest BCUT2D eigenvalue weighted by Crippen LogP contribution is 2.20. The summed E-state index contributed by atoms with van der Waals surface area (Å²) in [5.41, 5.74) is -0.439. The number of rotatable bonds is 7. The molecule has 0 bridgehead atoms. The Balaban J connectivity index is 2.42. The van der Waals surface area contributed by atoms with Crippen LogP contribution in [0.2, 0.25) is 0 Å². The molecule has 1 N–H and O–H groups in total. The first kappa shape index (κ1) is 16.3. The normalized spacial score (nSPS) is 11.1. The van der Waals surface area contributed by atoms with Crippen LogP contribution in [0.15, 0.2) is 12.1 Å². The molecule has 0 spiro atoms. The number of hydrogen-bond donors (Lipinski definition) is 1. The van der Waals surface area contributed by atoms with E-state index in [1.807, 2.05) is 0 Å². The van der Waals surface area contributed by atoms with E-state index in [1.165, 1.54) is 0 Å². The number of nitrogens with zero attached hydrogens (tertiary/aromatic N) is 1. The molecule has 8 heteroatoms. The van der Waals surface area contributed by atoms with Crippen molar-refractivity contribution in [1.82, 2.24) is 0 Å². The van der Waals surface area contributed by atoms with Gasteiger partial charge in [-0.2, -0.15) is 5.26 Å². The zero-order valence-corrected chi connectivity index (χ0v) is 11.6. The van der Waals surface area contributed by atoms with E-state index in [-0.39, 0.29) is 36.8 Å². The lowest BCUT2D eigenvalue weighted by Crippen LogP contribution is -2.16. The summed E-state index contributed by atoms with van der Waals surface area (Å²) in [7, 11) is -3.08. The largest absolute Gasteiger partial charge is 0.379 e. The van der Waals surface area contributed by atoms with Crippen LogP contribution >= 0.6 is 0 Å². The fourth-order valence-corrected chi connectivity index (χ4v) is 1.79. The third kappa shape index (κ3) is 5.50. The summed E-state index contributed by atoms with van der Waals surface area (Å²) in [6.45, 7) is 0.247. The second-order valence-corrected chi connectivity index (χ2v) is 6.36. The van der Waals surface area contributed by atoms with Gasteiger partial charge in [-0.05, 0) is 12.1 Å². The van der Waals surface area contributed by atoms with Gasteiger partial charge in [0.05, 0.1) is 30.6 Å². The van der Waals surface area contributed by atoms with Crippen molar-refractivity contribution < 1.29 is 21.9 Å². The Kier molecular flexibility index (Phi) is 5.85. The summed E-state index contributed by atoms with van der Waals surface area (Å²) in [5.74, 6) is -1.83. The van der Waals surface area contributed by atoms with Gasteiger partial charge >= 0.3 is 0 Å². The molecule has 0 heterocycles. The monoisotopic (exact) mass is 304 g/mol. The summed E-state index contributed by atoms with van der Waals surface area (Å²) >= 11 is 0. The predicted molar refractivity (Wildman–Crippen MR) is 70.1 cm³/mol. The smallest absolute Gasteiger partial charge is 0.150 e. The molecule has 0 atom stereocenters. The Morgan fingerprint density at radius 3 is 2.40 bits per heavy atom. The molecule has 1 aromatic carbocycles.